The van der Waals surface area contributed by atoms with Gasteiger partial charge >= 0.3 is 0 Å². The summed E-state index contributed by atoms with van der Waals surface area (Å²) < 4.78 is 16.8. The molecule has 0 aliphatic heterocycles. The van der Waals surface area contributed by atoms with Gasteiger partial charge in [0.25, 0.3) is 0 Å². The number of ether oxygens (including phenoxy) is 2. The molecule has 0 spiro atoms. The summed E-state index contributed by atoms with van der Waals surface area (Å²) >= 11 is 0. The maximum Gasteiger partial charge on any atom is 0.190 e. The molecular weight excluding hydrogens is 340 g/mol. The van der Waals surface area contributed by atoms with Crippen LogP contribution in [-0.4, -0.2) is 14.2 Å². The molecule has 5 rings (SSSR count). The first-order valence-corrected chi connectivity index (χ1v) is 8.63. The van der Waals surface area contributed by atoms with Crippen molar-refractivity contribution in [3.05, 3.63) is 70.9 Å². The molecule has 0 saturated heterocycles. The predicted molar refractivity (Wildman–Crippen MR) is 108 cm³/mol. The predicted octanol–water partition coefficient (Wildman–Crippen LogP) is 5.27. The quantitative estimate of drug-likeness (QED) is 0.432. The number of furan rings is 1. The van der Waals surface area contributed by atoms with Crippen molar-refractivity contribution in [3.8, 4) is 11.5 Å². The molecule has 132 valence electrons. The molecule has 0 aliphatic carbocycles. The topological polar surface area (TPSA) is 48.7 Å². The van der Waals surface area contributed by atoms with Gasteiger partial charge in [0, 0.05) is 10.8 Å². The van der Waals surface area contributed by atoms with Crippen molar-refractivity contribution >= 4 is 43.5 Å². The van der Waals surface area contributed by atoms with Crippen molar-refractivity contribution in [1.29, 1.82) is 0 Å². The minimum atomic E-state index is -0.0674. The second-order valence-corrected chi connectivity index (χ2v) is 6.48. The van der Waals surface area contributed by atoms with Gasteiger partial charge in [0.15, 0.2) is 5.43 Å². The fourth-order valence-electron chi connectivity index (χ4n) is 3.72. The molecular formula is C23H16O4. The molecule has 0 aliphatic rings. The Morgan fingerprint density at radius 2 is 1.33 bits per heavy atom. The van der Waals surface area contributed by atoms with Crippen LogP contribution in [0.1, 0.15) is 0 Å². The maximum absolute atomic E-state index is 13.0. The van der Waals surface area contributed by atoms with E-state index >= 15 is 0 Å². The van der Waals surface area contributed by atoms with Gasteiger partial charge in [-0.1, -0.05) is 12.1 Å². The minimum Gasteiger partial charge on any atom is -0.497 e. The molecule has 0 radical (unpaired) electrons. The molecule has 0 amide bonds. The molecule has 4 heteroatoms. The second kappa shape index (κ2) is 5.74. The lowest BCUT2D eigenvalue weighted by Crippen LogP contribution is -1.93. The molecule has 4 nitrogen and oxygen atoms in total. The van der Waals surface area contributed by atoms with Crippen molar-refractivity contribution in [2.75, 3.05) is 14.2 Å². The summed E-state index contributed by atoms with van der Waals surface area (Å²) in [6, 6.07) is 18.9. The monoisotopic (exact) mass is 356 g/mol. The average molecular weight is 356 g/mol. The normalized spacial score (nSPS) is 11.5. The molecule has 0 fully saturated rings. The van der Waals surface area contributed by atoms with Crippen molar-refractivity contribution in [3.63, 3.8) is 0 Å². The summed E-state index contributed by atoms with van der Waals surface area (Å²) in [6.07, 6.45) is 0. The van der Waals surface area contributed by atoms with E-state index in [2.05, 4.69) is 0 Å². The van der Waals surface area contributed by atoms with Crippen LogP contribution >= 0.6 is 0 Å². The van der Waals surface area contributed by atoms with Gasteiger partial charge in [0.2, 0.25) is 0 Å². The molecule has 5 aromatic rings. The van der Waals surface area contributed by atoms with Crippen LogP contribution in [0.2, 0.25) is 0 Å². The van der Waals surface area contributed by atoms with Crippen LogP contribution in [-0.2, 0) is 0 Å². The van der Waals surface area contributed by atoms with Crippen molar-refractivity contribution < 1.29 is 13.9 Å². The molecule has 0 bridgehead atoms. The zero-order valence-corrected chi connectivity index (χ0v) is 14.9. The lowest BCUT2D eigenvalue weighted by atomic mass is 10.0. The molecule has 0 N–H and O–H groups in total. The lowest BCUT2D eigenvalue weighted by molar-refractivity contribution is 0.415. The molecule has 1 aromatic heterocycles. The standard InChI is InChI=1S/C23H16O4/c1-25-15-5-7-17-13(11-15)4-10-20-21(17)22-19(24)9-3-14-12-16(26-2)6-8-18(14)23(22)27-20/h3-12H,1-2H3. The fourth-order valence-corrected chi connectivity index (χ4v) is 3.72. The summed E-state index contributed by atoms with van der Waals surface area (Å²) in [5, 5.41) is 5.18. The first-order valence-electron chi connectivity index (χ1n) is 8.63. The van der Waals surface area contributed by atoms with E-state index in [0.717, 1.165) is 38.4 Å². The Morgan fingerprint density at radius 3 is 2.04 bits per heavy atom. The van der Waals surface area contributed by atoms with Crippen molar-refractivity contribution in [2.24, 2.45) is 0 Å². The highest BCUT2D eigenvalue weighted by Crippen LogP contribution is 2.37. The Labute approximate surface area is 154 Å². The number of benzene rings is 3. The van der Waals surface area contributed by atoms with Crippen LogP contribution in [0.15, 0.2) is 69.9 Å². The Hall–Kier alpha value is -3.53. The Balaban J connectivity index is 2.02. The molecule has 27 heavy (non-hydrogen) atoms. The molecule has 0 atom stereocenters. The smallest absolute Gasteiger partial charge is 0.190 e. The van der Waals surface area contributed by atoms with Gasteiger partial charge in [0.05, 0.1) is 19.6 Å². The summed E-state index contributed by atoms with van der Waals surface area (Å²) in [6.45, 7) is 0. The number of hydrogen-bond donors (Lipinski definition) is 0. The highest BCUT2D eigenvalue weighted by atomic mass is 16.5. The van der Waals surface area contributed by atoms with Gasteiger partial charge in [-0.2, -0.15) is 0 Å². The summed E-state index contributed by atoms with van der Waals surface area (Å²) in [4.78, 5) is 13.0. The fraction of sp³-hybridized carbons (Fsp3) is 0.0870. The van der Waals surface area contributed by atoms with Crippen molar-refractivity contribution in [2.45, 2.75) is 0 Å². The molecule has 4 aromatic carbocycles. The van der Waals surface area contributed by atoms with Crippen molar-refractivity contribution in [1.82, 2.24) is 0 Å². The molecule has 1 heterocycles. The second-order valence-electron chi connectivity index (χ2n) is 6.48. The van der Waals surface area contributed by atoms with E-state index in [1.54, 1.807) is 20.3 Å². The SMILES string of the molecule is COc1ccc2c(ccc(=O)c3c2oc2ccc4cc(OC)ccc4c23)c1. The molecule has 0 unspecified atom stereocenters. The van der Waals surface area contributed by atoms with Crippen LogP contribution in [0.25, 0.3) is 43.5 Å². The zero-order valence-electron chi connectivity index (χ0n) is 14.9. The van der Waals surface area contributed by atoms with Crippen LogP contribution in [0.5, 0.6) is 11.5 Å². The van der Waals surface area contributed by atoms with Gasteiger partial charge in [-0.15, -0.1) is 0 Å². The van der Waals surface area contributed by atoms with Crippen LogP contribution in [0, 0.1) is 0 Å². The number of methoxy groups -OCH3 is 2. The zero-order chi connectivity index (χ0) is 18.5. The largest absolute Gasteiger partial charge is 0.497 e. The minimum absolute atomic E-state index is 0.0674. The summed E-state index contributed by atoms with van der Waals surface area (Å²) in [7, 11) is 3.27. The van der Waals surface area contributed by atoms with E-state index in [4.69, 9.17) is 13.9 Å². The highest BCUT2D eigenvalue weighted by Gasteiger charge is 2.15. The van der Waals surface area contributed by atoms with E-state index in [1.807, 2.05) is 54.6 Å². The number of fused-ring (bicyclic) bond motifs is 7. The lowest BCUT2D eigenvalue weighted by Gasteiger charge is -2.03. The Morgan fingerprint density at radius 1 is 0.704 bits per heavy atom. The number of hydrogen-bond acceptors (Lipinski definition) is 4. The summed E-state index contributed by atoms with van der Waals surface area (Å²) in [5.74, 6) is 1.52. The highest BCUT2D eigenvalue weighted by molar-refractivity contribution is 6.22. The third-order valence-corrected chi connectivity index (χ3v) is 5.04. The van der Waals surface area contributed by atoms with Crippen LogP contribution < -0.4 is 14.9 Å². The first kappa shape index (κ1) is 15.7. The van der Waals surface area contributed by atoms with E-state index < -0.39 is 0 Å². The first-order chi connectivity index (χ1) is 13.2. The van der Waals surface area contributed by atoms with E-state index in [1.165, 1.54) is 0 Å². The van der Waals surface area contributed by atoms with E-state index in [9.17, 15) is 4.79 Å². The van der Waals surface area contributed by atoms with Gasteiger partial charge in [-0.3, -0.25) is 4.79 Å². The number of rotatable bonds is 2. The van der Waals surface area contributed by atoms with Gasteiger partial charge < -0.3 is 13.9 Å². The molecule has 0 saturated carbocycles. The van der Waals surface area contributed by atoms with Crippen LogP contribution in [0.4, 0.5) is 0 Å². The Bertz CT molecular complexity index is 1410. The van der Waals surface area contributed by atoms with Crippen LogP contribution in [0.3, 0.4) is 0 Å². The van der Waals surface area contributed by atoms with E-state index in [0.29, 0.717) is 16.6 Å². The third kappa shape index (κ3) is 2.27. The summed E-state index contributed by atoms with van der Waals surface area (Å²) in [5.41, 5.74) is 1.23. The maximum atomic E-state index is 13.0. The van der Waals surface area contributed by atoms with Gasteiger partial charge in [-0.05, 0) is 64.7 Å². The van der Waals surface area contributed by atoms with Gasteiger partial charge in [0.1, 0.15) is 22.7 Å². The van der Waals surface area contributed by atoms with E-state index in [-0.39, 0.29) is 5.43 Å². The average Bonchev–Trinajstić information content (AvgIpc) is 3.05. The Kier molecular flexibility index (Phi) is 3.34. The third-order valence-electron chi connectivity index (χ3n) is 5.04. The van der Waals surface area contributed by atoms with Gasteiger partial charge in [-0.25, -0.2) is 0 Å².